The molecule has 2 aromatic heterocycles. The number of hydrogen-bond donors (Lipinski definition) is 0. The molecule has 0 bridgehead atoms. The van der Waals surface area contributed by atoms with Gasteiger partial charge >= 0.3 is 12.1 Å². The maximum Gasteiger partial charge on any atom is 0.410 e. The number of rotatable bonds is 7. The van der Waals surface area contributed by atoms with E-state index in [-0.39, 0.29) is 34.6 Å². The molecule has 11 nitrogen and oxygen atoms in total. The Bertz CT molecular complexity index is 1770. The third-order valence-corrected chi connectivity index (χ3v) is 8.96. The summed E-state index contributed by atoms with van der Waals surface area (Å²) < 4.78 is 34.4. The Balaban J connectivity index is 1.24. The lowest BCUT2D eigenvalue weighted by atomic mass is 9.87. The van der Waals surface area contributed by atoms with Gasteiger partial charge in [0.2, 0.25) is 11.7 Å². The molecular weight excluding hydrogens is 617 g/mol. The molecule has 4 heterocycles. The van der Waals surface area contributed by atoms with Crippen LogP contribution in [0, 0.1) is 5.82 Å². The summed E-state index contributed by atoms with van der Waals surface area (Å²) in [7, 11) is 1.25. The van der Waals surface area contributed by atoms with Crippen molar-refractivity contribution in [2.45, 2.75) is 58.1 Å². The van der Waals surface area contributed by atoms with E-state index in [1.165, 1.54) is 13.2 Å². The van der Waals surface area contributed by atoms with Crippen LogP contribution in [0.25, 0.3) is 22.1 Å². The van der Waals surface area contributed by atoms with Crippen molar-refractivity contribution >= 4 is 34.6 Å². The van der Waals surface area contributed by atoms with E-state index in [4.69, 9.17) is 13.9 Å². The van der Waals surface area contributed by atoms with Crippen molar-refractivity contribution in [2.75, 3.05) is 51.3 Å². The highest BCUT2D eigenvalue weighted by atomic mass is 19.1. The Morgan fingerprint density at radius 2 is 1.77 bits per heavy atom. The van der Waals surface area contributed by atoms with Crippen LogP contribution < -0.4 is 4.90 Å². The van der Waals surface area contributed by atoms with Gasteiger partial charge in [0.1, 0.15) is 17.0 Å². The second kappa shape index (κ2) is 13.7. The summed E-state index contributed by atoms with van der Waals surface area (Å²) in [5, 5.41) is 4.38. The van der Waals surface area contributed by atoms with E-state index < -0.39 is 17.4 Å². The molecule has 0 radical (unpaired) electrons. The normalized spacial score (nSPS) is 17.1. The minimum atomic E-state index is -0.689. The number of fused-ring (bicyclic) bond motifs is 1. The second-order valence-electron chi connectivity index (χ2n) is 13.4. The van der Waals surface area contributed by atoms with Crippen molar-refractivity contribution in [2.24, 2.45) is 0 Å². The standard InChI is InChI=1S/C36H42FN5O6/c1-36(2,3)48-35(45)40-19-17-39(18-20-40)26-10-8-24(9-11-26)28-21-27(32(37)29-22-30(34(44)46-4)47-33(28)29)25-7-5-14-41(23-25)31(43)12-16-42-15-6-13-38-42/h6,8-11,13,15,21-22,25H,5,7,12,14,16-20,23H2,1-4H3/t25-/m1/s1. The number of methoxy groups -OCH3 is 1. The van der Waals surface area contributed by atoms with Gasteiger partial charge in [0, 0.05) is 87.9 Å². The number of carbonyl (C=O) groups excluding carboxylic acids is 3. The second-order valence-corrected chi connectivity index (χ2v) is 13.4. The number of carbonyl (C=O) groups is 3. The van der Waals surface area contributed by atoms with Crippen molar-refractivity contribution in [1.29, 1.82) is 0 Å². The quantitative estimate of drug-likeness (QED) is 0.220. The summed E-state index contributed by atoms with van der Waals surface area (Å²) in [6, 6.07) is 12.9. The Morgan fingerprint density at radius 3 is 2.44 bits per heavy atom. The van der Waals surface area contributed by atoms with E-state index in [0.717, 1.165) is 24.1 Å². The van der Waals surface area contributed by atoms with Crippen LogP contribution >= 0.6 is 0 Å². The predicted molar refractivity (Wildman–Crippen MR) is 178 cm³/mol. The first-order valence-corrected chi connectivity index (χ1v) is 16.4. The lowest BCUT2D eigenvalue weighted by Crippen LogP contribution is -2.50. The molecule has 0 saturated carbocycles. The zero-order chi connectivity index (χ0) is 34.0. The fourth-order valence-electron chi connectivity index (χ4n) is 6.49. The summed E-state index contributed by atoms with van der Waals surface area (Å²) in [6.07, 6.45) is 4.99. The molecule has 2 amide bonds. The van der Waals surface area contributed by atoms with Crippen molar-refractivity contribution in [3.63, 3.8) is 0 Å². The lowest BCUT2D eigenvalue weighted by molar-refractivity contribution is -0.132. The highest BCUT2D eigenvalue weighted by Crippen LogP contribution is 2.40. The average molecular weight is 660 g/mol. The predicted octanol–water partition coefficient (Wildman–Crippen LogP) is 6.08. The number of ether oxygens (including phenoxy) is 2. The number of amides is 2. The number of nitrogens with zero attached hydrogens (tertiary/aromatic N) is 5. The van der Waals surface area contributed by atoms with Crippen molar-refractivity contribution in [1.82, 2.24) is 19.6 Å². The summed E-state index contributed by atoms with van der Waals surface area (Å²) in [6.45, 7) is 9.48. The topological polar surface area (TPSA) is 110 Å². The van der Waals surface area contributed by atoms with Crippen LogP contribution in [0.4, 0.5) is 14.9 Å². The van der Waals surface area contributed by atoms with Crippen molar-refractivity contribution in [3.8, 4) is 11.1 Å². The number of piperidine rings is 1. The van der Waals surface area contributed by atoms with E-state index in [9.17, 15) is 14.4 Å². The van der Waals surface area contributed by atoms with Gasteiger partial charge in [-0.05, 0) is 69.0 Å². The van der Waals surface area contributed by atoms with Crippen molar-refractivity contribution in [3.05, 3.63) is 72.0 Å². The number of halogens is 1. The van der Waals surface area contributed by atoms with Gasteiger partial charge in [-0.2, -0.15) is 5.10 Å². The first kappa shape index (κ1) is 33.0. The van der Waals surface area contributed by atoms with Gasteiger partial charge in [0.25, 0.3) is 0 Å². The smallest absolute Gasteiger partial charge is 0.410 e. The van der Waals surface area contributed by atoms with Gasteiger partial charge in [-0.25, -0.2) is 14.0 Å². The molecule has 48 heavy (non-hydrogen) atoms. The third-order valence-electron chi connectivity index (χ3n) is 8.96. The number of aromatic nitrogens is 2. The van der Waals surface area contributed by atoms with Gasteiger partial charge in [0.15, 0.2) is 0 Å². The SMILES string of the molecule is COC(=O)c1cc2c(F)c([C@@H]3CCCN(C(=O)CCn4cccn4)C3)cc(-c3ccc(N4CCN(C(=O)OC(C)(C)C)CC4)cc3)c2o1. The first-order valence-electron chi connectivity index (χ1n) is 16.4. The van der Waals surface area contributed by atoms with Crippen LogP contribution in [-0.4, -0.2) is 89.5 Å². The molecule has 12 heteroatoms. The van der Waals surface area contributed by atoms with Gasteiger partial charge in [-0.15, -0.1) is 0 Å². The molecule has 2 saturated heterocycles. The number of esters is 1. The monoisotopic (exact) mass is 659 g/mol. The van der Waals surface area contributed by atoms with E-state index >= 15 is 4.39 Å². The fraction of sp³-hybridized carbons (Fsp3) is 0.444. The third kappa shape index (κ3) is 7.17. The average Bonchev–Trinajstić information content (AvgIpc) is 3.78. The van der Waals surface area contributed by atoms with E-state index in [2.05, 4.69) is 10.00 Å². The molecule has 6 rings (SSSR count). The van der Waals surface area contributed by atoms with Gasteiger partial charge in [-0.1, -0.05) is 12.1 Å². The van der Waals surface area contributed by atoms with Crippen LogP contribution in [0.1, 0.15) is 62.1 Å². The molecular formula is C36H42FN5O6. The molecule has 254 valence electrons. The van der Waals surface area contributed by atoms with Gasteiger partial charge < -0.3 is 28.6 Å². The molecule has 4 aromatic rings. The Morgan fingerprint density at radius 1 is 1.02 bits per heavy atom. The summed E-state index contributed by atoms with van der Waals surface area (Å²) in [4.78, 5) is 43.8. The summed E-state index contributed by atoms with van der Waals surface area (Å²) >= 11 is 0. The van der Waals surface area contributed by atoms with E-state index in [1.807, 2.05) is 62.2 Å². The summed E-state index contributed by atoms with van der Waals surface area (Å²) in [5.41, 5.74) is 2.65. The molecule has 1 atom stereocenters. The minimum Gasteiger partial charge on any atom is -0.463 e. The number of benzene rings is 2. The molecule has 2 aromatic carbocycles. The van der Waals surface area contributed by atoms with E-state index in [1.54, 1.807) is 21.8 Å². The van der Waals surface area contributed by atoms with Crippen molar-refractivity contribution < 1.29 is 32.7 Å². The fourth-order valence-corrected chi connectivity index (χ4v) is 6.49. The Kier molecular flexibility index (Phi) is 9.43. The maximum atomic E-state index is 16.3. The van der Waals surface area contributed by atoms with Gasteiger partial charge in [-0.3, -0.25) is 9.48 Å². The molecule has 0 spiro atoms. The Labute approximate surface area is 279 Å². The summed E-state index contributed by atoms with van der Waals surface area (Å²) in [5.74, 6) is -1.44. The van der Waals surface area contributed by atoms with E-state index in [0.29, 0.717) is 63.4 Å². The Hall–Kier alpha value is -4.87. The minimum absolute atomic E-state index is 0.00992. The number of anilines is 1. The highest BCUT2D eigenvalue weighted by Gasteiger charge is 2.30. The van der Waals surface area contributed by atoms with Crippen LogP contribution in [0.2, 0.25) is 0 Å². The zero-order valence-electron chi connectivity index (χ0n) is 27.9. The number of aryl methyl sites for hydroxylation is 1. The largest absolute Gasteiger partial charge is 0.463 e. The number of piperazine rings is 1. The molecule has 0 aliphatic carbocycles. The maximum absolute atomic E-state index is 16.3. The van der Waals surface area contributed by atoms with Gasteiger partial charge in [0.05, 0.1) is 12.5 Å². The van der Waals surface area contributed by atoms with Crippen LogP contribution in [0.3, 0.4) is 0 Å². The lowest BCUT2D eigenvalue weighted by Gasteiger charge is -2.36. The molecule has 2 aliphatic heterocycles. The molecule has 2 aliphatic rings. The van der Waals surface area contributed by atoms with Crippen LogP contribution in [-0.2, 0) is 20.8 Å². The van der Waals surface area contributed by atoms with Crippen LogP contribution in [0.5, 0.6) is 0 Å². The molecule has 2 fully saturated rings. The number of likely N-dealkylation sites (tertiary alicyclic amines) is 1. The molecule has 0 N–H and O–H groups in total. The zero-order valence-corrected chi connectivity index (χ0v) is 27.9. The van der Waals surface area contributed by atoms with Crippen LogP contribution in [0.15, 0.2) is 59.3 Å². The number of hydrogen-bond acceptors (Lipinski definition) is 8. The highest BCUT2D eigenvalue weighted by molar-refractivity contribution is 5.99. The molecule has 0 unspecified atom stereocenters. The first-order chi connectivity index (χ1) is 23.0. The number of furan rings is 1.